The molecule has 210 valence electrons. The van der Waals surface area contributed by atoms with Crippen LogP contribution in [-0.4, -0.2) is 69.3 Å². The van der Waals surface area contributed by atoms with Gasteiger partial charge in [0.1, 0.15) is 22.8 Å². The van der Waals surface area contributed by atoms with Gasteiger partial charge < -0.3 is 19.5 Å². The van der Waals surface area contributed by atoms with Crippen molar-refractivity contribution in [2.45, 2.75) is 65.6 Å². The molecule has 0 aliphatic heterocycles. The molecule has 0 fully saturated rings. The van der Waals surface area contributed by atoms with E-state index in [1.54, 1.807) is 55.6 Å². The molecule has 1 aliphatic rings. The van der Waals surface area contributed by atoms with Crippen molar-refractivity contribution in [2.24, 2.45) is 0 Å². The van der Waals surface area contributed by atoms with Crippen LogP contribution < -0.4 is 10.2 Å². The van der Waals surface area contributed by atoms with Crippen LogP contribution in [0.25, 0.3) is 5.76 Å². The molecular formula is C26H33N5O7S. The average molecular weight is 560 g/mol. The molecule has 0 atom stereocenters. The SMILES string of the molecule is CN(C)C(=O)Nc1nc2c(s1)C(O)=C(C(=O)c1ccc(N(C(=O)OC(C)(C)C)C(=O)OC(C)(C)C)nc1)CC2. The Hall–Kier alpha value is -4.00. The molecule has 2 N–H and O–H groups in total. The van der Waals surface area contributed by atoms with Crippen LogP contribution in [0.15, 0.2) is 23.9 Å². The van der Waals surface area contributed by atoms with Gasteiger partial charge in [0.25, 0.3) is 0 Å². The van der Waals surface area contributed by atoms with Crippen molar-refractivity contribution < 1.29 is 33.8 Å². The number of aromatic nitrogens is 2. The van der Waals surface area contributed by atoms with Gasteiger partial charge in [0, 0.05) is 31.4 Å². The lowest BCUT2D eigenvalue weighted by atomic mass is 9.93. The first-order valence-corrected chi connectivity index (χ1v) is 13.0. The van der Waals surface area contributed by atoms with Crippen LogP contribution in [0, 0.1) is 0 Å². The third-order valence-corrected chi connectivity index (χ3v) is 6.12. The highest BCUT2D eigenvalue weighted by Crippen LogP contribution is 2.37. The number of Topliss-reactive ketones (excluding diaryl/α,β-unsaturated/α-hetero) is 1. The Kier molecular flexibility index (Phi) is 8.34. The number of nitrogens with zero attached hydrogens (tertiary/aromatic N) is 4. The van der Waals surface area contributed by atoms with Gasteiger partial charge in [-0.1, -0.05) is 11.3 Å². The molecule has 12 nitrogen and oxygen atoms in total. The first-order chi connectivity index (χ1) is 18.0. The number of urea groups is 1. The minimum absolute atomic E-state index is 0.0945. The van der Waals surface area contributed by atoms with Crippen molar-refractivity contribution in [1.29, 1.82) is 0 Å². The third kappa shape index (κ3) is 7.31. The second-order valence-electron chi connectivity index (χ2n) is 11.0. The van der Waals surface area contributed by atoms with Crippen molar-refractivity contribution in [1.82, 2.24) is 14.9 Å². The molecule has 0 aromatic carbocycles. The highest BCUT2D eigenvalue weighted by molar-refractivity contribution is 7.16. The minimum Gasteiger partial charge on any atom is -0.506 e. The van der Waals surface area contributed by atoms with Gasteiger partial charge >= 0.3 is 18.2 Å². The summed E-state index contributed by atoms with van der Waals surface area (Å²) in [5.74, 6) is -0.772. The fraction of sp³-hybridized carbons (Fsp3) is 0.462. The maximum absolute atomic E-state index is 13.3. The number of thiazole rings is 1. The number of carbonyl (C=O) groups excluding carboxylic acids is 4. The number of anilines is 2. The molecule has 39 heavy (non-hydrogen) atoms. The number of fused-ring (bicyclic) bond motifs is 1. The van der Waals surface area contributed by atoms with Crippen LogP contribution in [0.1, 0.15) is 68.9 Å². The monoisotopic (exact) mass is 559 g/mol. The maximum Gasteiger partial charge on any atom is 0.425 e. The molecule has 2 aromatic rings. The largest absolute Gasteiger partial charge is 0.506 e. The second-order valence-corrected chi connectivity index (χ2v) is 12.0. The number of aryl methyl sites for hydroxylation is 1. The molecule has 1 aliphatic carbocycles. The zero-order valence-corrected chi connectivity index (χ0v) is 24.1. The quantitative estimate of drug-likeness (QED) is 0.469. The van der Waals surface area contributed by atoms with Crippen LogP contribution >= 0.6 is 11.3 Å². The first kappa shape index (κ1) is 29.6. The van der Waals surface area contributed by atoms with E-state index in [9.17, 15) is 24.3 Å². The summed E-state index contributed by atoms with van der Waals surface area (Å²) in [6.45, 7) is 9.95. The van der Waals surface area contributed by atoms with Gasteiger partial charge in [-0.25, -0.2) is 24.4 Å². The number of nitrogens with one attached hydrogen (secondary N) is 1. The van der Waals surface area contributed by atoms with Crippen molar-refractivity contribution in [3.63, 3.8) is 0 Å². The summed E-state index contributed by atoms with van der Waals surface area (Å²) in [6, 6.07) is 2.37. The Balaban J connectivity index is 1.88. The van der Waals surface area contributed by atoms with Crippen molar-refractivity contribution in [2.75, 3.05) is 24.3 Å². The average Bonchev–Trinajstić information content (AvgIpc) is 3.20. The number of pyridine rings is 1. The van der Waals surface area contributed by atoms with Gasteiger partial charge in [-0.05, 0) is 66.5 Å². The molecule has 0 spiro atoms. The number of ether oxygens (including phenoxy) is 2. The van der Waals surface area contributed by atoms with Crippen LogP contribution in [0.3, 0.4) is 0 Å². The van der Waals surface area contributed by atoms with E-state index < -0.39 is 29.2 Å². The summed E-state index contributed by atoms with van der Waals surface area (Å²) >= 11 is 1.07. The molecule has 4 amide bonds. The number of hydrogen-bond acceptors (Lipinski definition) is 10. The Morgan fingerprint density at radius 1 is 0.974 bits per heavy atom. The number of ketones is 1. The first-order valence-electron chi connectivity index (χ1n) is 12.1. The number of imide groups is 1. The van der Waals surface area contributed by atoms with E-state index in [2.05, 4.69) is 15.3 Å². The van der Waals surface area contributed by atoms with Crippen molar-refractivity contribution >= 4 is 52.0 Å². The predicted molar refractivity (Wildman–Crippen MR) is 146 cm³/mol. The molecule has 2 heterocycles. The summed E-state index contributed by atoms with van der Waals surface area (Å²) in [5, 5.41) is 13.8. The van der Waals surface area contributed by atoms with Crippen LogP contribution in [-0.2, 0) is 15.9 Å². The van der Waals surface area contributed by atoms with Crippen LogP contribution in [0.4, 0.5) is 25.3 Å². The van der Waals surface area contributed by atoms with E-state index in [-0.39, 0.29) is 35.2 Å². The molecule has 0 unspecified atom stereocenters. The van der Waals surface area contributed by atoms with Gasteiger partial charge in [0.05, 0.1) is 10.6 Å². The lowest BCUT2D eigenvalue weighted by Crippen LogP contribution is -2.44. The molecule has 0 saturated carbocycles. The summed E-state index contributed by atoms with van der Waals surface area (Å²) < 4.78 is 10.7. The van der Waals surface area contributed by atoms with Crippen molar-refractivity contribution in [3.8, 4) is 0 Å². The normalized spacial score (nSPS) is 13.3. The molecule has 13 heteroatoms. The number of allylic oxidation sites excluding steroid dienone is 1. The predicted octanol–water partition coefficient (Wildman–Crippen LogP) is 5.41. The maximum atomic E-state index is 13.3. The van der Waals surface area contributed by atoms with Crippen LogP contribution in [0.2, 0.25) is 0 Å². The van der Waals surface area contributed by atoms with Gasteiger partial charge in [0.15, 0.2) is 10.9 Å². The summed E-state index contributed by atoms with van der Waals surface area (Å²) in [6.07, 6.45) is -0.126. The molecule has 2 aromatic heterocycles. The third-order valence-electron chi connectivity index (χ3n) is 5.10. The van der Waals surface area contributed by atoms with Crippen molar-refractivity contribution in [3.05, 3.63) is 40.0 Å². The lowest BCUT2D eigenvalue weighted by Gasteiger charge is -2.28. The van der Waals surface area contributed by atoms with E-state index in [4.69, 9.17) is 9.47 Å². The number of rotatable bonds is 4. The Bertz CT molecular complexity index is 1290. The van der Waals surface area contributed by atoms with E-state index in [1.165, 1.54) is 23.2 Å². The number of aliphatic hydroxyl groups excluding tert-OH is 1. The zero-order valence-electron chi connectivity index (χ0n) is 23.2. The lowest BCUT2D eigenvalue weighted by molar-refractivity contribution is 0.0428. The Labute approximate surface area is 230 Å². The Morgan fingerprint density at radius 3 is 2.05 bits per heavy atom. The van der Waals surface area contributed by atoms with Gasteiger partial charge in [-0.15, -0.1) is 0 Å². The smallest absolute Gasteiger partial charge is 0.425 e. The topological polar surface area (TPSA) is 151 Å². The summed E-state index contributed by atoms with van der Waals surface area (Å²) in [4.78, 5) is 61.8. The molecule has 0 radical (unpaired) electrons. The zero-order chi connectivity index (χ0) is 29.3. The molecule has 0 bridgehead atoms. The summed E-state index contributed by atoms with van der Waals surface area (Å²) in [5.41, 5.74) is -0.877. The fourth-order valence-electron chi connectivity index (χ4n) is 3.39. The van der Waals surface area contributed by atoms with E-state index in [1.807, 2.05) is 0 Å². The Morgan fingerprint density at radius 2 is 1.56 bits per heavy atom. The van der Waals surface area contributed by atoms with Gasteiger partial charge in [-0.2, -0.15) is 4.90 Å². The molecular weight excluding hydrogens is 526 g/mol. The second kappa shape index (κ2) is 11.0. The minimum atomic E-state index is -0.981. The van der Waals surface area contributed by atoms with E-state index in [0.717, 1.165) is 11.3 Å². The highest BCUT2D eigenvalue weighted by atomic mass is 32.1. The van der Waals surface area contributed by atoms with Crippen LogP contribution in [0.5, 0.6) is 0 Å². The number of hydrogen-bond donors (Lipinski definition) is 2. The van der Waals surface area contributed by atoms with Gasteiger partial charge in [0.2, 0.25) is 0 Å². The molecule has 0 saturated heterocycles. The fourth-order valence-corrected chi connectivity index (χ4v) is 4.36. The number of amides is 4. The molecule has 3 rings (SSSR count). The number of carbonyl (C=O) groups is 4. The highest BCUT2D eigenvalue weighted by Gasteiger charge is 2.34. The van der Waals surface area contributed by atoms with E-state index >= 15 is 0 Å². The standard InChI is InChI=1S/C26H33N5O7S/c1-25(2,3)37-23(35)31(24(36)38-26(4,5)6)17-12-9-14(13-27-17)18(32)15-10-11-16-20(19(15)33)39-21(28-16)29-22(34)30(7)8/h9,12-13,33H,10-11H2,1-8H3,(H,28,29,34). The summed E-state index contributed by atoms with van der Waals surface area (Å²) in [7, 11) is 3.19. The van der Waals surface area contributed by atoms with Gasteiger partial charge in [-0.3, -0.25) is 10.1 Å². The van der Waals surface area contributed by atoms with E-state index in [0.29, 0.717) is 27.0 Å². The number of aliphatic hydroxyl groups is 1.